The van der Waals surface area contributed by atoms with E-state index < -0.39 is 16.8 Å². The summed E-state index contributed by atoms with van der Waals surface area (Å²) < 4.78 is 10.1. The van der Waals surface area contributed by atoms with Gasteiger partial charge in [-0.1, -0.05) is 30.3 Å². The normalized spacial score (nSPS) is 14.1. The predicted octanol–water partition coefficient (Wildman–Crippen LogP) is 4.32. The molecule has 0 radical (unpaired) electrons. The maximum atomic E-state index is 13.5. The van der Waals surface area contributed by atoms with E-state index in [1.54, 1.807) is 43.3 Å². The summed E-state index contributed by atoms with van der Waals surface area (Å²) in [5, 5.41) is 27.7. The van der Waals surface area contributed by atoms with E-state index >= 15 is 0 Å². The van der Waals surface area contributed by atoms with Crippen molar-refractivity contribution in [3.8, 4) is 11.5 Å². The fourth-order valence-electron chi connectivity index (χ4n) is 3.62. The quantitative estimate of drug-likeness (QED) is 0.227. The average molecular weight is 487 g/mol. The van der Waals surface area contributed by atoms with E-state index in [0.29, 0.717) is 22.5 Å². The van der Waals surface area contributed by atoms with Crippen molar-refractivity contribution in [2.24, 2.45) is 5.10 Å². The minimum absolute atomic E-state index is 0.0209. The minimum atomic E-state index is -0.621. The number of amides is 1. The Morgan fingerprint density at radius 2 is 1.83 bits per heavy atom. The van der Waals surface area contributed by atoms with Crippen LogP contribution in [-0.2, 0) is 9.53 Å². The molecule has 1 aliphatic rings. The van der Waals surface area contributed by atoms with Crippen LogP contribution >= 0.6 is 0 Å². The Bertz CT molecular complexity index is 1400. The number of phenolic OH excluding ortho intramolecular Hbond substituents is 1. The van der Waals surface area contributed by atoms with E-state index in [0.717, 1.165) is 17.1 Å². The van der Waals surface area contributed by atoms with Crippen molar-refractivity contribution >= 4 is 35.0 Å². The average Bonchev–Trinajstić information content (AvgIpc) is 3.21. The first kappa shape index (κ1) is 24.1. The fourth-order valence-corrected chi connectivity index (χ4v) is 3.62. The first-order valence-electron chi connectivity index (χ1n) is 10.9. The smallest absolute Gasteiger partial charge is 0.338 e. The van der Waals surface area contributed by atoms with Gasteiger partial charge in [0.1, 0.15) is 5.71 Å². The summed E-state index contributed by atoms with van der Waals surface area (Å²) in [4.78, 5) is 36.2. The molecular formula is C26H21N3O7. The Balaban J connectivity index is 1.81. The maximum Gasteiger partial charge on any atom is 0.338 e. The molecule has 3 aromatic carbocycles. The van der Waals surface area contributed by atoms with Crippen molar-refractivity contribution in [2.45, 2.75) is 6.92 Å². The highest BCUT2D eigenvalue weighted by molar-refractivity contribution is 6.37. The molecule has 1 heterocycles. The van der Waals surface area contributed by atoms with Gasteiger partial charge in [0.2, 0.25) is 0 Å². The van der Waals surface area contributed by atoms with Crippen LogP contribution in [0.25, 0.3) is 6.08 Å². The lowest BCUT2D eigenvalue weighted by atomic mass is 9.99. The molecule has 182 valence electrons. The Kier molecular flexibility index (Phi) is 6.77. The summed E-state index contributed by atoms with van der Waals surface area (Å²) in [6.45, 7) is 1.94. The number of nitro groups is 1. The molecule has 0 saturated heterocycles. The molecule has 0 bridgehead atoms. The zero-order valence-corrected chi connectivity index (χ0v) is 19.4. The number of methoxy groups -OCH3 is 1. The summed E-state index contributed by atoms with van der Waals surface area (Å²) >= 11 is 0. The molecule has 3 aromatic rings. The Labute approximate surface area is 205 Å². The number of esters is 1. The minimum Gasteiger partial charge on any atom is -0.504 e. The number of nitrogens with zero attached hydrogens (tertiary/aromatic N) is 3. The number of nitro benzene ring substituents is 1. The molecule has 1 N–H and O–H groups in total. The topological polar surface area (TPSA) is 132 Å². The zero-order valence-electron chi connectivity index (χ0n) is 19.4. The Morgan fingerprint density at radius 1 is 1.14 bits per heavy atom. The van der Waals surface area contributed by atoms with Crippen LogP contribution in [0.5, 0.6) is 11.5 Å². The van der Waals surface area contributed by atoms with Crippen LogP contribution in [-0.4, -0.2) is 41.3 Å². The number of hydrogen-bond donors (Lipinski definition) is 1. The summed E-state index contributed by atoms with van der Waals surface area (Å²) in [6.07, 6.45) is 1.34. The van der Waals surface area contributed by atoms with Gasteiger partial charge in [-0.3, -0.25) is 14.9 Å². The van der Waals surface area contributed by atoms with E-state index in [2.05, 4.69) is 5.10 Å². The second kappa shape index (κ2) is 10.1. The molecule has 36 heavy (non-hydrogen) atoms. The predicted molar refractivity (Wildman–Crippen MR) is 132 cm³/mol. The third kappa shape index (κ3) is 4.64. The van der Waals surface area contributed by atoms with Crippen molar-refractivity contribution in [2.75, 3.05) is 18.7 Å². The van der Waals surface area contributed by atoms with Gasteiger partial charge in [0.15, 0.2) is 11.5 Å². The molecule has 0 aromatic heterocycles. The summed E-state index contributed by atoms with van der Waals surface area (Å²) in [5.41, 5.74) is 1.46. The molecule has 0 spiro atoms. The molecule has 1 amide bonds. The zero-order chi connectivity index (χ0) is 25.8. The van der Waals surface area contributed by atoms with E-state index in [1.165, 1.54) is 25.3 Å². The van der Waals surface area contributed by atoms with Crippen LogP contribution in [0, 0.1) is 10.1 Å². The molecule has 0 aliphatic carbocycles. The van der Waals surface area contributed by atoms with Crippen molar-refractivity contribution in [1.82, 2.24) is 0 Å². The van der Waals surface area contributed by atoms with Crippen LogP contribution < -0.4 is 9.75 Å². The number of carbonyl (C=O) groups excluding carboxylic acids is 2. The second-order valence-corrected chi connectivity index (χ2v) is 7.60. The lowest BCUT2D eigenvalue weighted by Crippen LogP contribution is -2.21. The van der Waals surface area contributed by atoms with E-state index in [9.17, 15) is 24.8 Å². The standard InChI is InChI=1S/C26H21N3O7/c1-3-36-26(32)17-9-11-19(12-10-17)28-25(31)21(23(27-28)16-7-5-4-6-8-16)14-18-13-20(29(33)34)15-22(35-2)24(18)30/h4-15,30H,3H2,1-2H3/b21-14-. The number of rotatable bonds is 7. The summed E-state index contributed by atoms with van der Waals surface area (Å²) in [6, 6.07) is 17.3. The van der Waals surface area contributed by atoms with Crippen LogP contribution in [0.1, 0.15) is 28.4 Å². The Hall–Kier alpha value is -4.99. The number of anilines is 1. The van der Waals surface area contributed by atoms with Crippen LogP contribution in [0.15, 0.2) is 77.4 Å². The lowest BCUT2D eigenvalue weighted by Gasteiger charge is -2.12. The van der Waals surface area contributed by atoms with Gasteiger partial charge in [-0.25, -0.2) is 4.79 Å². The van der Waals surface area contributed by atoms with Crippen molar-refractivity contribution in [3.05, 3.63) is 99.1 Å². The van der Waals surface area contributed by atoms with Gasteiger partial charge >= 0.3 is 5.97 Å². The first-order valence-corrected chi connectivity index (χ1v) is 10.9. The maximum absolute atomic E-state index is 13.5. The van der Waals surface area contributed by atoms with E-state index in [-0.39, 0.29) is 34.9 Å². The van der Waals surface area contributed by atoms with Crippen molar-refractivity contribution in [3.63, 3.8) is 0 Å². The number of hydrogen-bond acceptors (Lipinski definition) is 8. The molecule has 0 atom stereocenters. The Morgan fingerprint density at radius 3 is 2.44 bits per heavy atom. The summed E-state index contributed by atoms with van der Waals surface area (Å²) in [5.74, 6) is -1.47. The number of carbonyl (C=O) groups is 2. The number of aromatic hydroxyl groups is 1. The van der Waals surface area contributed by atoms with Gasteiger partial charge < -0.3 is 14.6 Å². The lowest BCUT2D eigenvalue weighted by molar-refractivity contribution is -0.385. The molecule has 10 nitrogen and oxygen atoms in total. The molecule has 0 fully saturated rings. The second-order valence-electron chi connectivity index (χ2n) is 7.60. The van der Waals surface area contributed by atoms with Crippen LogP contribution in [0.2, 0.25) is 0 Å². The third-order valence-corrected chi connectivity index (χ3v) is 5.37. The van der Waals surface area contributed by atoms with Gasteiger partial charge in [-0.05, 0) is 37.3 Å². The highest BCUT2D eigenvalue weighted by Crippen LogP contribution is 2.37. The van der Waals surface area contributed by atoms with Crippen LogP contribution in [0.3, 0.4) is 0 Å². The van der Waals surface area contributed by atoms with Gasteiger partial charge in [0, 0.05) is 17.2 Å². The summed E-state index contributed by atoms with van der Waals surface area (Å²) in [7, 11) is 1.27. The molecular weight excluding hydrogens is 466 g/mol. The molecule has 0 unspecified atom stereocenters. The number of benzene rings is 3. The number of ether oxygens (including phenoxy) is 2. The molecule has 4 rings (SSSR count). The van der Waals surface area contributed by atoms with Gasteiger partial charge in [-0.15, -0.1) is 0 Å². The highest BCUT2D eigenvalue weighted by Gasteiger charge is 2.33. The van der Waals surface area contributed by atoms with Crippen LogP contribution in [0.4, 0.5) is 11.4 Å². The van der Waals surface area contributed by atoms with Gasteiger partial charge in [-0.2, -0.15) is 10.1 Å². The fraction of sp³-hybridized carbons (Fsp3) is 0.115. The molecule has 10 heteroatoms. The highest BCUT2D eigenvalue weighted by atomic mass is 16.6. The largest absolute Gasteiger partial charge is 0.504 e. The third-order valence-electron chi connectivity index (χ3n) is 5.37. The number of hydrazone groups is 1. The van der Waals surface area contributed by atoms with Gasteiger partial charge in [0.05, 0.1) is 41.5 Å². The van der Waals surface area contributed by atoms with Crippen molar-refractivity contribution < 1.29 is 29.1 Å². The number of non-ortho nitro benzene ring substituents is 1. The molecule has 1 aliphatic heterocycles. The monoisotopic (exact) mass is 487 g/mol. The molecule has 0 saturated carbocycles. The SMILES string of the molecule is CCOC(=O)c1ccc(N2N=C(c3ccccc3)/C(=C/c3cc([N+](=O)[O-])cc(OC)c3O)C2=O)cc1. The van der Waals surface area contributed by atoms with E-state index in [4.69, 9.17) is 9.47 Å². The van der Waals surface area contributed by atoms with E-state index in [1.807, 2.05) is 6.07 Å². The van der Waals surface area contributed by atoms with Crippen molar-refractivity contribution in [1.29, 1.82) is 0 Å². The first-order chi connectivity index (χ1) is 17.3. The van der Waals surface area contributed by atoms with Gasteiger partial charge in [0.25, 0.3) is 11.6 Å². The number of phenols is 1.